The van der Waals surface area contributed by atoms with E-state index in [1.54, 1.807) is 24.3 Å². The maximum absolute atomic E-state index is 13.6. The summed E-state index contributed by atoms with van der Waals surface area (Å²) in [6.07, 6.45) is -0.0467. The number of morpholine rings is 1. The normalized spacial score (nSPS) is 20.4. The van der Waals surface area contributed by atoms with Crippen molar-refractivity contribution in [3.63, 3.8) is 0 Å². The van der Waals surface area contributed by atoms with Gasteiger partial charge in [-0.3, -0.25) is 0 Å². The lowest BCUT2D eigenvalue weighted by atomic mass is 10.1. The molecular weight excluding hydrogens is 488 g/mol. The number of hydrogen-bond acceptors (Lipinski definition) is 5. The highest BCUT2D eigenvalue weighted by Gasteiger charge is 2.38. The van der Waals surface area contributed by atoms with Crippen LogP contribution >= 0.6 is 0 Å². The minimum absolute atomic E-state index is 0.0476. The number of hydrogen-bond donors (Lipinski definition) is 1. The van der Waals surface area contributed by atoms with Crippen LogP contribution in [0.3, 0.4) is 0 Å². The second-order valence-corrected chi connectivity index (χ2v) is 19.6. The molecule has 1 fully saturated rings. The van der Waals surface area contributed by atoms with Crippen LogP contribution in [0.25, 0.3) is 0 Å². The quantitative estimate of drug-likeness (QED) is 0.482. The van der Waals surface area contributed by atoms with Crippen molar-refractivity contribution in [3.8, 4) is 0 Å². The Hall–Kier alpha value is -1.56. The fraction of sp³-hybridized carbons (Fsp3) is 0.500. The molecule has 0 aliphatic carbocycles. The summed E-state index contributed by atoms with van der Waals surface area (Å²) in [6.45, 7) is 8.64. The van der Waals surface area contributed by atoms with Crippen LogP contribution in [0, 0.1) is 6.92 Å². The van der Waals surface area contributed by atoms with Crippen LogP contribution in [0.5, 0.6) is 0 Å². The summed E-state index contributed by atoms with van der Waals surface area (Å²) in [7, 11) is -8.73. The Bertz CT molecular complexity index is 1150. The Kier molecular flexibility index (Phi) is 8.75. The largest absolute Gasteiger partial charge is 0.374 e. The maximum atomic E-state index is 13.6. The number of aryl methyl sites for hydroxylation is 1. The molecule has 0 bridgehead atoms. The van der Waals surface area contributed by atoms with Gasteiger partial charge in [0.15, 0.2) is 0 Å². The molecule has 0 saturated carbocycles. The van der Waals surface area contributed by atoms with Crippen LogP contribution in [0.1, 0.15) is 11.1 Å². The molecule has 7 nitrogen and oxygen atoms in total. The third kappa shape index (κ3) is 7.72. The number of rotatable bonds is 10. The Balaban J connectivity index is 1.77. The monoisotopic (exact) mass is 524 g/mol. The molecule has 1 heterocycles. The first-order chi connectivity index (χ1) is 15.9. The van der Waals surface area contributed by atoms with E-state index in [2.05, 4.69) is 24.4 Å². The van der Waals surface area contributed by atoms with Crippen molar-refractivity contribution in [2.75, 3.05) is 25.4 Å². The summed E-state index contributed by atoms with van der Waals surface area (Å²) in [4.78, 5) is 0.229. The van der Waals surface area contributed by atoms with Crippen molar-refractivity contribution in [1.29, 1.82) is 0 Å². The third-order valence-electron chi connectivity index (χ3n) is 5.91. The zero-order chi connectivity index (χ0) is 25.0. The fourth-order valence-corrected chi connectivity index (χ4v) is 9.53. The van der Waals surface area contributed by atoms with Gasteiger partial charge in [-0.25, -0.2) is 21.6 Å². The third-order valence-corrected chi connectivity index (χ3v) is 11.3. The minimum Gasteiger partial charge on any atom is -0.374 e. The number of benzene rings is 2. The van der Waals surface area contributed by atoms with Crippen LogP contribution in [0.4, 0.5) is 0 Å². The van der Waals surface area contributed by atoms with Crippen LogP contribution in [-0.2, 0) is 31.2 Å². The highest BCUT2D eigenvalue weighted by atomic mass is 32.2. The van der Waals surface area contributed by atoms with E-state index in [9.17, 15) is 16.8 Å². The van der Waals surface area contributed by atoms with Gasteiger partial charge in [-0.15, -0.1) is 0 Å². The molecule has 3 rings (SSSR count). The Labute approximate surface area is 205 Å². The van der Waals surface area contributed by atoms with Gasteiger partial charge in [-0.2, -0.15) is 4.31 Å². The molecule has 188 valence electrons. The van der Waals surface area contributed by atoms with Crippen molar-refractivity contribution in [1.82, 2.24) is 9.03 Å². The van der Waals surface area contributed by atoms with Crippen LogP contribution in [-0.4, -0.2) is 66.8 Å². The van der Waals surface area contributed by atoms with E-state index in [4.69, 9.17) is 4.74 Å². The average Bonchev–Trinajstić information content (AvgIpc) is 2.78. The fourth-order valence-electron chi connectivity index (χ4n) is 3.78. The Morgan fingerprint density at radius 1 is 1.00 bits per heavy atom. The second-order valence-electron chi connectivity index (χ2n) is 10.2. The SMILES string of the molecule is Cc1ccc(S(=O)(=O)N2C[C@@H](CNS(=O)(=O)CC[Si](C)(C)C)OC[C@@H]2Cc2ccccc2)cc1. The molecule has 2 aromatic rings. The van der Waals surface area contributed by atoms with Gasteiger partial charge in [0.1, 0.15) is 0 Å². The average molecular weight is 525 g/mol. The molecule has 0 aromatic heterocycles. The van der Waals surface area contributed by atoms with Gasteiger partial charge in [0.05, 0.1) is 29.4 Å². The van der Waals surface area contributed by atoms with E-state index >= 15 is 0 Å². The summed E-state index contributed by atoms with van der Waals surface area (Å²) >= 11 is 0. The van der Waals surface area contributed by atoms with Gasteiger partial charge in [0, 0.05) is 21.2 Å². The van der Waals surface area contributed by atoms with Gasteiger partial charge < -0.3 is 4.74 Å². The summed E-state index contributed by atoms with van der Waals surface area (Å²) in [6, 6.07) is 16.8. The van der Waals surface area contributed by atoms with Gasteiger partial charge >= 0.3 is 0 Å². The van der Waals surface area contributed by atoms with Gasteiger partial charge in [-0.05, 0) is 37.1 Å². The highest BCUT2D eigenvalue weighted by molar-refractivity contribution is 7.89. The zero-order valence-corrected chi connectivity index (χ0v) is 23.0. The summed E-state index contributed by atoms with van der Waals surface area (Å²) in [5, 5.41) is 0. The van der Waals surface area contributed by atoms with Gasteiger partial charge in [-0.1, -0.05) is 67.7 Å². The van der Waals surface area contributed by atoms with E-state index < -0.39 is 34.2 Å². The summed E-state index contributed by atoms with van der Waals surface area (Å²) in [5.74, 6) is 0.0808. The molecule has 1 aliphatic rings. The topological polar surface area (TPSA) is 92.8 Å². The van der Waals surface area contributed by atoms with E-state index in [1.165, 1.54) is 4.31 Å². The van der Waals surface area contributed by atoms with Crippen molar-refractivity contribution in [2.45, 2.75) is 56.1 Å². The molecule has 0 amide bonds. The van der Waals surface area contributed by atoms with E-state index in [-0.39, 0.29) is 36.4 Å². The molecule has 1 aliphatic heterocycles. The second kappa shape index (κ2) is 11.0. The molecule has 1 N–H and O–H groups in total. The predicted octanol–water partition coefficient (Wildman–Crippen LogP) is 3.25. The molecule has 2 aromatic carbocycles. The van der Waals surface area contributed by atoms with Crippen molar-refractivity contribution < 1.29 is 21.6 Å². The lowest BCUT2D eigenvalue weighted by Gasteiger charge is -2.39. The lowest BCUT2D eigenvalue weighted by Crippen LogP contribution is -2.55. The first-order valence-electron chi connectivity index (χ1n) is 11.6. The molecule has 1 saturated heterocycles. The van der Waals surface area contributed by atoms with Crippen molar-refractivity contribution in [2.24, 2.45) is 0 Å². The molecule has 0 spiro atoms. The summed E-state index contributed by atoms with van der Waals surface area (Å²) < 4.78 is 62.2. The molecular formula is C24H36N2O5S2Si. The number of ether oxygens (including phenoxy) is 1. The van der Waals surface area contributed by atoms with E-state index in [0.717, 1.165) is 11.1 Å². The zero-order valence-electron chi connectivity index (χ0n) is 20.4. The van der Waals surface area contributed by atoms with Crippen molar-refractivity contribution >= 4 is 28.1 Å². The Morgan fingerprint density at radius 3 is 2.26 bits per heavy atom. The van der Waals surface area contributed by atoms with E-state index in [1.807, 2.05) is 37.3 Å². The van der Waals surface area contributed by atoms with Gasteiger partial charge in [0.2, 0.25) is 20.0 Å². The number of nitrogens with zero attached hydrogens (tertiary/aromatic N) is 1. The number of nitrogens with one attached hydrogen (secondary N) is 1. The van der Waals surface area contributed by atoms with Gasteiger partial charge in [0.25, 0.3) is 0 Å². The molecule has 2 atom stereocenters. The Morgan fingerprint density at radius 2 is 1.65 bits per heavy atom. The summed E-state index contributed by atoms with van der Waals surface area (Å²) in [5.41, 5.74) is 2.00. The highest BCUT2D eigenvalue weighted by Crippen LogP contribution is 2.25. The standard InChI is InChI=1S/C24H36N2O5S2Si/c1-20-10-12-24(13-11-20)33(29,30)26-18-23(17-25-32(27,28)14-15-34(2,3)4)31-19-22(26)16-21-8-6-5-7-9-21/h5-13,22-23,25H,14-19H2,1-4H3/t22-,23+/m0/s1. The van der Waals surface area contributed by atoms with Crippen LogP contribution in [0.15, 0.2) is 59.5 Å². The predicted molar refractivity (Wildman–Crippen MR) is 139 cm³/mol. The molecule has 0 unspecified atom stereocenters. The molecule has 0 radical (unpaired) electrons. The van der Waals surface area contributed by atoms with E-state index in [0.29, 0.717) is 12.5 Å². The maximum Gasteiger partial charge on any atom is 0.243 e. The smallest absolute Gasteiger partial charge is 0.243 e. The molecule has 10 heteroatoms. The van der Waals surface area contributed by atoms with Crippen molar-refractivity contribution in [3.05, 3.63) is 65.7 Å². The number of sulfonamides is 2. The first-order valence-corrected chi connectivity index (χ1v) is 18.4. The lowest BCUT2D eigenvalue weighted by molar-refractivity contribution is -0.0283. The first kappa shape index (κ1) is 27.0. The minimum atomic E-state index is -3.78. The van der Waals surface area contributed by atoms with Crippen LogP contribution < -0.4 is 4.72 Å². The van der Waals surface area contributed by atoms with Crippen LogP contribution in [0.2, 0.25) is 25.7 Å². The molecule has 34 heavy (non-hydrogen) atoms.